The van der Waals surface area contributed by atoms with E-state index in [0.717, 1.165) is 52.2 Å². The van der Waals surface area contributed by atoms with Gasteiger partial charge in [-0.15, -0.1) is 0 Å². The quantitative estimate of drug-likeness (QED) is 0.621. The van der Waals surface area contributed by atoms with Crippen LogP contribution in [0.2, 0.25) is 0 Å². The summed E-state index contributed by atoms with van der Waals surface area (Å²) in [4.78, 5) is 15.7. The Morgan fingerprint density at radius 3 is 2.40 bits per heavy atom. The lowest BCUT2D eigenvalue weighted by molar-refractivity contribution is -0.125. The van der Waals surface area contributed by atoms with E-state index in [2.05, 4.69) is 4.90 Å². The van der Waals surface area contributed by atoms with E-state index in [-0.39, 0.29) is 5.91 Å². The van der Waals surface area contributed by atoms with Gasteiger partial charge in [0, 0.05) is 38.5 Å². The molecular formula is C11H18N2O2. The first kappa shape index (κ1) is 10.5. The van der Waals surface area contributed by atoms with Gasteiger partial charge in [-0.25, -0.2) is 0 Å². The molecule has 2 aliphatic rings. The van der Waals surface area contributed by atoms with Crippen LogP contribution in [0.1, 0.15) is 12.8 Å². The average molecular weight is 210 g/mol. The molecule has 2 saturated heterocycles. The predicted molar refractivity (Wildman–Crippen MR) is 57.3 cm³/mol. The molecule has 2 aliphatic heterocycles. The number of hydrogen-bond donors (Lipinski definition) is 0. The zero-order chi connectivity index (χ0) is 10.5. The summed E-state index contributed by atoms with van der Waals surface area (Å²) >= 11 is 0. The van der Waals surface area contributed by atoms with Gasteiger partial charge in [-0.2, -0.15) is 0 Å². The molecule has 2 fully saturated rings. The second-order valence-corrected chi connectivity index (χ2v) is 4.00. The molecule has 4 heteroatoms. The van der Waals surface area contributed by atoms with Gasteiger partial charge in [0.05, 0.1) is 13.2 Å². The number of likely N-dealkylation sites (tertiary alicyclic amines) is 1. The van der Waals surface area contributed by atoms with Crippen molar-refractivity contribution in [3.05, 3.63) is 12.3 Å². The molecule has 2 heterocycles. The summed E-state index contributed by atoms with van der Waals surface area (Å²) in [5.41, 5.74) is 0. The van der Waals surface area contributed by atoms with Crippen LogP contribution in [0.4, 0.5) is 0 Å². The van der Waals surface area contributed by atoms with E-state index in [1.54, 1.807) is 6.08 Å². The Labute approximate surface area is 90.5 Å². The summed E-state index contributed by atoms with van der Waals surface area (Å²) < 4.78 is 5.24. The van der Waals surface area contributed by atoms with Crippen LogP contribution >= 0.6 is 0 Å². The predicted octanol–water partition coefficient (Wildman–Crippen LogP) is 0.455. The Morgan fingerprint density at radius 1 is 1.07 bits per heavy atom. The van der Waals surface area contributed by atoms with Gasteiger partial charge >= 0.3 is 0 Å². The summed E-state index contributed by atoms with van der Waals surface area (Å²) in [6.45, 7) is 5.16. The fraction of sp³-hybridized carbons (Fsp3) is 0.727. The molecule has 0 saturated carbocycles. The number of nitrogens with zero attached hydrogens (tertiary/aromatic N) is 2. The number of amides is 1. The van der Waals surface area contributed by atoms with Crippen LogP contribution in [-0.4, -0.2) is 55.1 Å². The van der Waals surface area contributed by atoms with Crippen LogP contribution in [0, 0.1) is 0 Å². The molecular weight excluding hydrogens is 192 g/mol. The summed E-state index contributed by atoms with van der Waals surface area (Å²) in [7, 11) is 0. The topological polar surface area (TPSA) is 32.8 Å². The van der Waals surface area contributed by atoms with Crippen molar-refractivity contribution < 1.29 is 9.53 Å². The second kappa shape index (κ2) is 5.16. The Balaban J connectivity index is 1.78. The molecule has 0 N–H and O–H groups in total. The lowest BCUT2D eigenvalue weighted by Gasteiger charge is -2.25. The molecule has 0 aromatic heterocycles. The van der Waals surface area contributed by atoms with Crippen LogP contribution in [-0.2, 0) is 9.53 Å². The summed E-state index contributed by atoms with van der Waals surface area (Å²) in [6, 6.07) is 0. The molecule has 0 bridgehead atoms. The van der Waals surface area contributed by atoms with E-state index in [9.17, 15) is 4.79 Å². The molecule has 0 unspecified atom stereocenters. The Hall–Kier alpha value is -1.03. The molecule has 2 rings (SSSR count). The summed E-state index contributed by atoms with van der Waals surface area (Å²) in [6.07, 6.45) is 5.90. The van der Waals surface area contributed by atoms with Crippen LogP contribution in [0.25, 0.3) is 0 Å². The standard InChI is InChI=1S/C11H18N2O2/c14-11(13-4-1-2-5-13)3-6-12-7-9-15-10-8-12/h3,6H,1-2,4-5,7-10H2/b6-3+. The summed E-state index contributed by atoms with van der Waals surface area (Å²) in [5.74, 6) is 0.152. The number of ether oxygens (including phenoxy) is 1. The van der Waals surface area contributed by atoms with E-state index in [0.29, 0.717) is 0 Å². The molecule has 0 aromatic rings. The van der Waals surface area contributed by atoms with Crippen molar-refractivity contribution >= 4 is 5.91 Å². The number of hydrogen-bond acceptors (Lipinski definition) is 3. The highest BCUT2D eigenvalue weighted by Gasteiger charge is 2.15. The lowest BCUT2D eigenvalue weighted by atomic mass is 10.4. The van der Waals surface area contributed by atoms with Crippen molar-refractivity contribution in [2.45, 2.75) is 12.8 Å². The minimum absolute atomic E-state index is 0.152. The molecule has 0 radical (unpaired) electrons. The average Bonchev–Trinajstić information content (AvgIpc) is 2.81. The first-order chi connectivity index (χ1) is 7.36. The van der Waals surface area contributed by atoms with Gasteiger partial charge in [0.25, 0.3) is 0 Å². The third-order valence-corrected chi connectivity index (χ3v) is 2.89. The minimum atomic E-state index is 0.152. The molecule has 0 aromatic carbocycles. The summed E-state index contributed by atoms with van der Waals surface area (Å²) in [5, 5.41) is 0. The zero-order valence-electron chi connectivity index (χ0n) is 9.02. The number of rotatable bonds is 2. The van der Waals surface area contributed by atoms with Crippen LogP contribution in [0.3, 0.4) is 0 Å². The third kappa shape index (κ3) is 2.96. The maximum Gasteiger partial charge on any atom is 0.248 e. The van der Waals surface area contributed by atoms with Crippen LogP contribution in [0.15, 0.2) is 12.3 Å². The number of carbonyl (C=O) groups excluding carboxylic acids is 1. The molecule has 1 amide bonds. The fourth-order valence-electron chi connectivity index (χ4n) is 1.94. The highest BCUT2D eigenvalue weighted by atomic mass is 16.5. The SMILES string of the molecule is O=C(/C=C/N1CCOCC1)N1CCCC1. The monoisotopic (exact) mass is 210 g/mol. The largest absolute Gasteiger partial charge is 0.378 e. The maximum atomic E-state index is 11.7. The molecule has 15 heavy (non-hydrogen) atoms. The minimum Gasteiger partial charge on any atom is -0.378 e. The maximum absolute atomic E-state index is 11.7. The van der Waals surface area contributed by atoms with Gasteiger partial charge in [0.1, 0.15) is 0 Å². The van der Waals surface area contributed by atoms with Gasteiger partial charge in [-0.1, -0.05) is 0 Å². The first-order valence-corrected chi connectivity index (χ1v) is 5.65. The molecule has 84 valence electrons. The first-order valence-electron chi connectivity index (χ1n) is 5.65. The number of carbonyl (C=O) groups is 1. The lowest BCUT2D eigenvalue weighted by Crippen LogP contribution is -2.33. The smallest absolute Gasteiger partial charge is 0.248 e. The van der Waals surface area contributed by atoms with Gasteiger partial charge in [0.2, 0.25) is 5.91 Å². The van der Waals surface area contributed by atoms with Gasteiger partial charge in [-0.05, 0) is 12.8 Å². The van der Waals surface area contributed by atoms with Crippen LogP contribution < -0.4 is 0 Å². The Morgan fingerprint density at radius 2 is 1.73 bits per heavy atom. The Kier molecular flexibility index (Phi) is 3.61. The van der Waals surface area contributed by atoms with E-state index in [1.165, 1.54) is 0 Å². The van der Waals surface area contributed by atoms with Crippen molar-refractivity contribution in [3.63, 3.8) is 0 Å². The van der Waals surface area contributed by atoms with Crippen molar-refractivity contribution in [3.8, 4) is 0 Å². The van der Waals surface area contributed by atoms with Gasteiger partial charge in [0.15, 0.2) is 0 Å². The van der Waals surface area contributed by atoms with E-state index < -0.39 is 0 Å². The molecule has 0 atom stereocenters. The Bertz CT molecular complexity index is 241. The molecule has 0 spiro atoms. The van der Waals surface area contributed by atoms with Crippen LogP contribution in [0.5, 0.6) is 0 Å². The number of morpholine rings is 1. The van der Waals surface area contributed by atoms with Crippen molar-refractivity contribution in [1.82, 2.24) is 9.80 Å². The van der Waals surface area contributed by atoms with Crippen molar-refractivity contribution in [2.75, 3.05) is 39.4 Å². The normalized spacial score (nSPS) is 22.7. The highest BCUT2D eigenvalue weighted by Crippen LogP contribution is 2.08. The van der Waals surface area contributed by atoms with Gasteiger partial charge < -0.3 is 14.5 Å². The zero-order valence-corrected chi connectivity index (χ0v) is 9.02. The third-order valence-electron chi connectivity index (χ3n) is 2.89. The van der Waals surface area contributed by atoms with Crippen molar-refractivity contribution in [2.24, 2.45) is 0 Å². The van der Waals surface area contributed by atoms with E-state index in [1.807, 2.05) is 11.1 Å². The van der Waals surface area contributed by atoms with E-state index in [4.69, 9.17) is 4.74 Å². The molecule has 0 aliphatic carbocycles. The fourth-order valence-corrected chi connectivity index (χ4v) is 1.94. The van der Waals surface area contributed by atoms with Crippen molar-refractivity contribution in [1.29, 1.82) is 0 Å². The molecule has 4 nitrogen and oxygen atoms in total. The van der Waals surface area contributed by atoms with Gasteiger partial charge in [-0.3, -0.25) is 4.79 Å². The highest BCUT2D eigenvalue weighted by molar-refractivity contribution is 5.87. The van der Waals surface area contributed by atoms with E-state index >= 15 is 0 Å². The second-order valence-electron chi connectivity index (χ2n) is 4.00.